The van der Waals surface area contributed by atoms with Gasteiger partial charge in [-0.15, -0.1) is 0 Å². The zero-order valence-electron chi connectivity index (χ0n) is 16.7. The molecule has 24 heavy (non-hydrogen) atoms. The summed E-state index contributed by atoms with van der Waals surface area (Å²) in [7, 11) is 2.18. The van der Waals surface area contributed by atoms with Crippen LogP contribution in [0.15, 0.2) is 12.4 Å². The van der Waals surface area contributed by atoms with E-state index in [9.17, 15) is 0 Å². The van der Waals surface area contributed by atoms with E-state index in [0.717, 1.165) is 0 Å². The van der Waals surface area contributed by atoms with Gasteiger partial charge in [-0.05, 0) is 12.8 Å². The van der Waals surface area contributed by atoms with E-state index in [0.29, 0.717) is 6.17 Å². The van der Waals surface area contributed by atoms with Gasteiger partial charge in [0.25, 0.3) is 0 Å². The minimum Gasteiger partial charge on any atom is -1.00 e. The van der Waals surface area contributed by atoms with Gasteiger partial charge in [0.1, 0.15) is 6.20 Å². The minimum atomic E-state index is 0. The van der Waals surface area contributed by atoms with E-state index in [1.807, 2.05) is 0 Å². The van der Waals surface area contributed by atoms with Crippen molar-refractivity contribution in [2.45, 2.75) is 110 Å². The van der Waals surface area contributed by atoms with Crippen molar-refractivity contribution in [1.82, 2.24) is 4.90 Å². The maximum Gasteiger partial charge on any atom is 0.164 e. The van der Waals surface area contributed by atoms with Crippen LogP contribution < -0.4 is 21.9 Å². The Morgan fingerprint density at radius 2 is 1.17 bits per heavy atom. The highest BCUT2D eigenvalue weighted by molar-refractivity contribution is 4.79. The maximum atomic E-state index is 2.33. The fourth-order valence-corrected chi connectivity index (χ4v) is 3.56. The smallest absolute Gasteiger partial charge is 0.164 e. The Kier molecular flexibility index (Phi) is 16.4. The SMILES string of the molecule is CCCCCCCCCCCCCCCC[NH+]1C=CN(C)C1C.[Br-]. The molecule has 1 aliphatic rings. The molecule has 0 bridgehead atoms. The molecule has 0 spiro atoms. The largest absolute Gasteiger partial charge is 1.00 e. The van der Waals surface area contributed by atoms with Crippen LogP contribution in [0, 0.1) is 0 Å². The van der Waals surface area contributed by atoms with Crippen molar-refractivity contribution in [3.8, 4) is 0 Å². The van der Waals surface area contributed by atoms with Gasteiger partial charge in [-0.25, -0.2) is 0 Å². The fraction of sp³-hybridized carbons (Fsp3) is 0.905. The van der Waals surface area contributed by atoms with E-state index in [4.69, 9.17) is 0 Å². The van der Waals surface area contributed by atoms with Crippen molar-refractivity contribution in [2.24, 2.45) is 0 Å². The third kappa shape index (κ3) is 11.5. The van der Waals surface area contributed by atoms with Crippen LogP contribution in [-0.4, -0.2) is 24.7 Å². The van der Waals surface area contributed by atoms with E-state index in [-0.39, 0.29) is 17.0 Å². The number of hydrogen-bond acceptors (Lipinski definition) is 1. The van der Waals surface area contributed by atoms with Crippen molar-refractivity contribution in [2.75, 3.05) is 13.6 Å². The average molecular weight is 403 g/mol. The molecule has 144 valence electrons. The number of rotatable bonds is 15. The topological polar surface area (TPSA) is 7.68 Å². The summed E-state index contributed by atoms with van der Waals surface area (Å²) in [5.41, 5.74) is 0. The molecule has 1 aliphatic heterocycles. The summed E-state index contributed by atoms with van der Waals surface area (Å²) in [4.78, 5) is 3.95. The summed E-state index contributed by atoms with van der Waals surface area (Å²) >= 11 is 0. The predicted molar refractivity (Wildman–Crippen MR) is 103 cm³/mol. The molecular weight excluding hydrogens is 360 g/mol. The van der Waals surface area contributed by atoms with Crippen LogP contribution >= 0.6 is 0 Å². The van der Waals surface area contributed by atoms with Crippen molar-refractivity contribution in [3.63, 3.8) is 0 Å². The summed E-state index contributed by atoms with van der Waals surface area (Å²) in [6, 6.07) is 0. The number of nitrogens with one attached hydrogen (secondary N) is 1. The molecule has 0 aromatic rings. The second-order valence-corrected chi connectivity index (χ2v) is 7.58. The molecule has 1 rings (SSSR count). The van der Waals surface area contributed by atoms with Crippen LogP contribution in [0.5, 0.6) is 0 Å². The highest BCUT2D eigenvalue weighted by Gasteiger charge is 2.22. The van der Waals surface area contributed by atoms with Gasteiger partial charge >= 0.3 is 0 Å². The van der Waals surface area contributed by atoms with E-state index in [1.165, 1.54) is 96.4 Å². The molecule has 0 aromatic heterocycles. The third-order valence-electron chi connectivity index (χ3n) is 5.49. The molecule has 2 unspecified atom stereocenters. The number of quaternary nitrogens is 1. The molecule has 0 fully saturated rings. The van der Waals surface area contributed by atoms with Crippen LogP contribution in [0.2, 0.25) is 0 Å². The molecular formula is C21H43BrN2. The quantitative estimate of drug-likeness (QED) is 0.412. The zero-order chi connectivity index (χ0) is 16.8. The summed E-state index contributed by atoms with van der Waals surface area (Å²) < 4.78 is 0. The van der Waals surface area contributed by atoms with Gasteiger partial charge in [-0.2, -0.15) is 0 Å². The molecule has 0 aromatic carbocycles. The van der Waals surface area contributed by atoms with Crippen LogP contribution in [0.25, 0.3) is 0 Å². The average Bonchev–Trinajstić information content (AvgIpc) is 2.87. The van der Waals surface area contributed by atoms with E-state index in [2.05, 4.69) is 38.2 Å². The molecule has 2 atom stereocenters. The van der Waals surface area contributed by atoms with E-state index in [1.54, 1.807) is 4.90 Å². The van der Waals surface area contributed by atoms with E-state index < -0.39 is 0 Å². The van der Waals surface area contributed by atoms with Gasteiger partial charge in [0.2, 0.25) is 0 Å². The number of halogens is 1. The minimum absolute atomic E-state index is 0. The van der Waals surface area contributed by atoms with Crippen molar-refractivity contribution in [1.29, 1.82) is 0 Å². The first-order valence-electron chi connectivity index (χ1n) is 10.5. The Morgan fingerprint density at radius 1 is 0.750 bits per heavy atom. The van der Waals surface area contributed by atoms with Gasteiger partial charge in [0, 0.05) is 14.0 Å². The summed E-state index contributed by atoms with van der Waals surface area (Å²) in [6.45, 7) is 5.92. The van der Waals surface area contributed by atoms with Crippen LogP contribution in [0.1, 0.15) is 104 Å². The Balaban J connectivity index is 0.00000529. The third-order valence-corrected chi connectivity index (χ3v) is 5.49. The number of nitrogens with zero attached hydrogens (tertiary/aromatic N) is 1. The van der Waals surface area contributed by atoms with E-state index >= 15 is 0 Å². The van der Waals surface area contributed by atoms with Crippen molar-refractivity contribution < 1.29 is 21.9 Å². The van der Waals surface area contributed by atoms with Crippen LogP contribution in [0.3, 0.4) is 0 Å². The molecule has 0 aliphatic carbocycles. The molecule has 1 heterocycles. The summed E-state index contributed by atoms with van der Waals surface area (Å²) in [6.07, 6.45) is 25.5. The highest BCUT2D eigenvalue weighted by Crippen LogP contribution is 2.12. The lowest BCUT2D eigenvalue weighted by atomic mass is 10.0. The number of hydrogen-bond donors (Lipinski definition) is 1. The standard InChI is InChI=1S/C21H42N2.BrH/c1-4-5-6-7-8-9-10-11-12-13-14-15-16-17-18-23-20-19-22(3)21(23)2;/h19-21H,4-18H2,1-3H3;1H. The Hall–Kier alpha value is -0.0200. The lowest BCUT2D eigenvalue weighted by Gasteiger charge is -2.21. The highest BCUT2D eigenvalue weighted by atomic mass is 79.9. The lowest BCUT2D eigenvalue weighted by molar-refractivity contribution is -0.875. The van der Waals surface area contributed by atoms with Gasteiger partial charge < -0.3 is 21.9 Å². The van der Waals surface area contributed by atoms with Crippen molar-refractivity contribution >= 4 is 0 Å². The summed E-state index contributed by atoms with van der Waals surface area (Å²) in [5.74, 6) is 0. The molecule has 0 saturated heterocycles. The molecule has 0 saturated carbocycles. The van der Waals surface area contributed by atoms with Gasteiger partial charge in [-0.3, -0.25) is 4.90 Å². The normalized spacial score (nSPS) is 19.7. The summed E-state index contributed by atoms with van der Waals surface area (Å²) in [5, 5.41) is 0. The maximum absolute atomic E-state index is 2.33. The first-order chi connectivity index (χ1) is 11.3. The predicted octanol–water partition coefficient (Wildman–Crippen LogP) is 2.12. The van der Waals surface area contributed by atoms with Gasteiger partial charge in [-0.1, -0.05) is 84.0 Å². The van der Waals surface area contributed by atoms with Crippen LogP contribution in [0.4, 0.5) is 0 Å². The first kappa shape index (κ1) is 24.0. The Labute approximate surface area is 162 Å². The number of unbranched alkanes of at least 4 members (excludes halogenated alkanes) is 13. The second kappa shape index (κ2) is 16.4. The molecule has 2 nitrogen and oxygen atoms in total. The molecule has 3 heteroatoms. The van der Waals surface area contributed by atoms with Gasteiger partial charge in [0.15, 0.2) is 6.17 Å². The molecule has 0 amide bonds. The molecule has 0 radical (unpaired) electrons. The Morgan fingerprint density at radius 3 is 1.54 bits per heavy atom. The fourth-order valence-electron chi connectivity index (χ4n) is 3.56. The second-order valence-electron chi connectivity index (χ2n) is 7.58. The first-order valence-corrected chi connectivity index (χ1v) is 10.5. The Bertz CT molecular complexity index is 294. The van der Waals surface area contributed by atoms with Crippen LogP contribution in [-0.2, 0) is 0 Å². The lowest BCUT2D eigenvalue weighted by Crippen LogP contribution is -3.11. The molecule has 1 N–H and O–H groups in total. The van der Waals surface area contributed by atoms with Crippen molar-refractivity contribution in [3.05, 3.63) is 12.4 Å². The monoisotopic (exact) mass is 402 g/mol. The zero-order valence-corrected chi connectivity index (χ0v) is 18.2. The van der Waals surface area contributed by atoms with Gasteiger partial charge in [0.05, 0.1) is 12.7 Å².